The van der Waals surface area contributed by atoms with E-state index >= 15 is 0 Å². The zero-order valence-electron chi connectivity index (χ0n) is 21.9. The molecule has 1 heterocycles. The number of hydrogen-bond acceptors (Lipinski definition) is 4. The van der Waals surface area contributed by atoms with Crippen LogP contribution in [0, 0.1) is 11.6 Å². The van der Waals surface area contributed by atoms with Gasteiger partial charge in [-0.25, -0.2) is 13.6 Å². The number of rotatable bonds is 8. The molecule has 2 N–H and O–H groups in total. The molecule has 0 atom stereocenters. The predicted octanol–water partition coefficient (Wildman–Crippen LogP) is 7.26. The highest BCUT2D eigenvalue weighted by Gasteiger charge is 2.25. The summed E-state index contributed by atoms with van der Waals surface area (Å²) in [6.45, 7) is 0.0858. The zero-order valence-corrected chi connectivity index (χ0v) is 22.6. The number of carbonyl (C=O) groups excluding carboxylic acids is 1. The molecule has 0 radical (unpaired) electrons. The third-order valence-corrected chi connectivity index (χ3v) is 6.78. The molecule has 4 aromatic carbocycles. The van der Waals surface area contributed by atoms with Crippen LogP contribution in [0.4, 0.5) is 14.5 Å². The Bertz CT molecular complexity index is 1780. The number of nitrogens with zero attached hydrogens (tertiary/aromatic N) is 1. The third kappa shape index (κ3) is 5.71. The lowest BCUT2D eigenvalue weighted by Gasteiger charge is -2.11. The van der Waals surface area contributed by atoms with E-state index in [2.05, 4.69) is 5.32 Å². The molecule has 5 aromatic rings. The molecule has 0 aliphatic carbocycles. The average Bonchev–Trinajstić information content (AvgIpc) is 3.24. The number of amides is 1. The topological polar surface area (TPSA) is 89.8 Å². The summed E-state index contributed by atoms with van der Waals surface area (Å²) >= 11 is 6.18. The number of carbonyl (C=O) groups is 2. The number of hydrogen-bond donors (Lipinski definition) is 2. The van der Waals surface area contributed by atoms with Gasteiger partial charge in [-0.15, -0.1) is 0 Å². The largest absolute Gasteiger partial charge is 0.497 e. The molecule has 7 nitrogen and oxygen atoms in total. The number of halogens is 3. The van der Waals surface area contributed by atoms with Gasteiger partial charge in [0.15, 0.2) is 5.69 Å². The van der Waals surface area contributed by atoms with Crippen LogP contribution in [0.3, 0.4) is 0 Å². The van der Waals surface area contributed by atoms with Gasteiger partial charge in [0.05, 0.1) is 25.4 Å². The molecule has 0 saturated heterocycles. The SMILES string of the molecule is COc1cc(OC)cc(C(=O)Nc2c(C(=O)O)n(Cc3cccc(Cl)c3)c3cc(-c4cc(F)cc(F)c4)ccc23)c1. The van der Waals surface area contributed by atoms with Crippen LogP contribution in [0.25, 0.3) is 22.0 Å². The average molecular weight is 577 g/mol. The van der Waals surface area contributed by atoms with Gasteiger partial charge in [-0.2, -0.15) is 0 Å². The van der Waals surface area contributed by atoms with Crippen molar-refractivity contribution in [3.63, 3.8) is 0 Å². The number of benzene rings is 4. The molecule has 208 valence electrons. The molecule has 0 saturated carbocycles. The maximum absolute atomic E-state index is 14.0. The highest BCUT2D eigenvalue weighted by atomic mass is 35.5. The van der Waals surface area contributed by atoms with Gasteiger partial charge >= 0.3 is 5.97 Å². The van der Waals surface area contributed by atoms with Gasteiger partial charge in [-0.3, -0.25) is 4.79 Å². The van der Waals surface area contributed by atoms with Gasteiger partial charge < -0.3 is 24.5 Å². The second-order valence-corrected chi connectivity index (χ2v) is 9.63. The monoisotopic (exact) mass is 576 g/mol. The third-order valence-electron chi connectivity index (χ3n) is 6.54. The summed E-state index contributed by atoms with van der Waals surface area (Å²) in [7, 11) is 2.90. The highest BCUT2D eigenvalue weighted by molar-refractivity contribution is 6.30. The lowest BCUT2D eigenvalue weighted by Crippen LogP contribution is -2.17. The second kappa shape index (κ2) is 11.3. The first-order valence-electron chi connectivity index (χ1n) is 12.3. The molecule has 41 heavy (non-hydrogen) atoms. The molecular formula is C31H23ClF2N2O5. The Balaban J connectivity index is 1.70. The molecule has 1 aromatic heterocycles. The minimum absolute atomic E-state index is 0.0540. The van der Waals surface area contributed by atoms with Crippen LogP contribution < -0.4 is 14.8 Å². The van der Waals surface area contributed by atoms with E-state index in [4.69, 9.17) is 21.1 Å². The second-order valence-electron chi connectivity index (χ2n) is 9.19. The molecular weight excluding hydrogens is 554 g/mol. The van der Waals surface area contributed by atoms with Crippen molar-refractivity contribution in [3.05, 3.63) is 112 Å². The Morgan fingerprint density at radius 2 is 1.56 bits per heavy atom. The Kier molecular flexibility index (Phi) is 7.63. The van der Waals surface area contributed by atoms with E-state index in [0.717, 1.165) is 6.07 Å². The van der Waals surface area contributed by atoms with Crippen LogP contribution in [-0.4, -0.2) is 35.8 Å². The number of ether oxygens (including phenoxy) is 2. The first-order valence-corrected chi connectivity index (χ1v) is 12.7. The molecule has 0 spiro atoms. The number of methoxy groups -OCH3 is 2. The Morgan fingerprint density at radius 1 is 0.878 bits per heavy atom. The minimum atomic E-state index is -1.29. The number of carboxylic acids is 1. The summed E-state index contributed by atoms with van der Waals surface area (Å²) in [6.07, 6.45) is 0. The number of aromatic carboxylic acids is 1. The van der Waals surface area contributed by atoms with Crippen LogP contribution in [0.15, 0.2) is 78.9 Å². The summed E-state index contributed by atoms with van der Waals surface area (Å²) < 4.78 is 40.1. The number of carboxylic acid groups (broad SMARTS) is 1. The van der Waals surface area contributed by atoms with E-state index in [0.29, 0.717) is 38.6 Å². The van der Waals surface area contributed by atoms with Crippen LogP contribution >= 0.6 is 11.6 Å². The first-order chi connectivity index (χ1) is 19.7. The van der Waals surface area contributed by atoms with Crippen molar-refractivity contribution in [1.82, 2.24) is 4.57 Å². The van der Waals surface area contributed by atoms with Crippen LogP contribution in [0.1, 0.15) is 26.4 Å². The standard InChI is InChI=1S/C31H23ClF2N2O5/c1-40-24-11-20(12-25(15-24)41-2)30(37)35-28-26-7-6-18(19-9-22(33)14-23(34)10-19)13-27(26)36(29(28)31(38)39)16-17-4-3-5-21(32)8-17/h3-15H,16H2,1-2H3,(H,35,37)(H,38,39). The smallest absolute Gasteiger partial charge is 0.354 e. The fraction of sp³-hybridized carbons (Fsp3) is 0.0968. The fourth-order valence-corrected chi connectivity index (χ4v) is 4.92. The van der Waals surface area contributed by atoms with Gasteiger partial charge in [-0.05, 0) is 59.2 Å². The molecule has 10 heteroatoms. The summed E-state index contributed by atoms with van der Waals surface area (Å²) in [4.78, 5) is 26.1. The van der Waals surface area contributed by atoms with Crippen LogP contribution in [0.2, 0.25) is 5.02 Å². The van der Waals surface area contributed by atoms with E-state index < -0.39 is 23.5 Å². The summed E-state index contributed by atoms with van der Waals surface area (Å²) in [5.41, 5.74) is 1.89. The van der Waals surface area contributed by atoms with Crippen molar-refractivity contribution in [2.45, 2.75) is 6.54 Å². The number of aromatic nitrogens is 1. The lowest BCUT2D eigenvalue weighted by molar-refractivity contribution is 0.0687. The van der Waals surface area contributed by atoms with Crippen molar-refractivity contribution in [2.24, 2.45) is 0 Å². The van der Waals surface area contributed by atoms with E-state index in [9.17, 15) is 23.5 Å². The van der Waals surface area contributed by atoms with Gasteiger partial charge in [0.1, 0.15) is 23.1 Å². The van der Waals surface area contributed by atoms with Crippen LogP contribution in [-0.2, 0) is 6.54 Å². The van der Waals surface area contributed by atoms with Gasteiger partial charge in [0, 0.05) is 34.6 Å². The van der Waals surface area contributed by atoms with E-state index in [-0.39, 0.29) is 29.1 Å². The molecule has 0 aliphatic rings. The van der Waals surface area contributed by atoms with E-state index in [1.165, 1.54) is 43.1 Å². The number of nitrogens with one attached hydrogen (secondary N) is 1. The maximum atomic E-state index is 14.0. The summed E-state index contributed by atoms with van der Waals surface area (Å²) in [6, 6.07) is 19.5. The van der Waals surface area contributed by atoms with Crippen LogP contribution in [0.5, 0.6) is 11.5 Å². The van der Waals surface area contributed by atoms with Crippen molar-refractivity contribution >= 4 is 40.1 Å². The molecule has 0 unspecified atom stereocenters. The first kappa shape index (κ1) is 27.7. The number of anilines is 1. The van der Waals surface area contributed by atoms with Crippen molar-refractivity contribution in [2.75, 3.05) is 19.5 Å². The molecule has 5 rings (SSSR count). The number of fused-ring (bicyclic) bond motifs is 1. The molecule has 0 bridgehead atoms. The predicted molar refractivity (Wildman–Crippen MR) is 152 cm³/mol. The summed E-state index contributed by atoms with van der Waals surface area (Å²) in [5, 5.41) is 14.0. The van der Waals surface area contributed by atoms with Gasteiger partial charge in [-0.1, -0.05) is 35.9 Å². The quantitative estimate of drug-likeness (QED) is 0.203. The van der Waals surface area contributed by atoms with Crippen molar-refractivity contribution in [3.8, 4) is 22.6 Å². The van der Waals surface area contributed by atoms with E-state index in [1.54, 1.807) is 48.5 Å². The molecule has 1 amide bonds. The zero-order chi connectivity index (χ0) is 29.3. The van der Waals surface area contributed by atoms with Gasteiger partial charge in [0.25, 0.3) is 5.91 Å². The highest BCUT2D eigenvalue weighted by Crippen LogP contribution is 2.36. The molecule has 0 fully saturated rings. The molecule has 0 aliphatic heterocycles. The normalized spacial score (nSPS) is 11.0. The minimum Gasteiger partial charge on any atom is -0.497 e. The Labute approximate surface area is 238 Å². The van der Waals surface area contributed by atoms with Crippen molar-refractivity contribution in [1.29, 1.82) is 0 Å². The van der Waals surface area contributed by atoms with Gasteiger partial charge in [0.2, 0.25) is 0 Å². The Morgan fingerprint density at radius 3 is 2.17 bits per heavy atom. The Hall–Kier alpha value is -4.89. The summed E-state index contributed by atoms with van der Waals surface area (Å²) in [5.74, 6) is -2.63. The lowest BCUT2D eigenvalue weighted by atomic mass is 10.0. The fourth-order valence-electron chi connectivity index (χ4n) is 4.70. The van der Waals surface area contributed by atoms with E-state index in [1.807, 2.05) is 0 Å². The van der Waals surface area contributed by atoms with Crippen molar-refractivity contribution < 1.29 is 33.0 Å². The maximum Gasteiger partial charge on any atom is 0.354 e.